The van der Waals surface area contributed by atoms with Crippen molar-refractivity contribution in [1.82, 2.24) is 0 Å². The topological polar surface area (TPSA) is 26.0 Å². The third kappa shape index (κ3) is 0.619. The highest BCUT2D eigenvalue weighted by molar-refractivity contribution is 5.11. The minimum atomic E-state index is 0.327. The van der Waals surface area contributed by atoms with Crippen molar-refractivity contribution in [3.63, 3.8) is 0 Å². The van der Waals surface area contributed by atoms with Crippen LogP contribution >= 0.6 is 0 Å². The van der Waals surface area contributed by atoms with E-state index in [0.717, 1.165) is 17.8 Å². The lowest BCUT2D eigenvalue weighted by molar-refractivity contribution is 0.345. The highest BCUT2D eigenvalue weighted by atomic mass is 14.8. The SMILES string of the molecule is NC1(C2CC2)CC2CC2C1. The van der Waals surface area contributed by atoms with E-state index in [4.69, 9.17) is 5.73 Å². The third-order valence-electron chi connectivity index (χ3n) is 3.74. The van der Waals surface area contributed by atoms with Gasteiger partial charge in [-0.1, -0.05) is 0 Å². The molecule has 0 heterocycles. The van der Waals surface area contributed by atoms with Crippen molar-refractivity contribution in [2.75, 3.05) is 0 Å². The maximum atomic E-state index is 6.29. The van der Waals surface area contributed by atoms with E-state index in [1.54, 1.807) is 0 Å². The summed E-state index contributed by atoms with van der Waals surface area (Å²) in [6.45, 7) is 0. The van der Waals surface area contributed by atoms with Gasteiger partial charge in [0.1, 0.15) is 0 Å². The molecule has 3 saturated carbocycles. The van der Waals surface area contributed by atoms with Gasteiger partial charge in [0.05, 0.1) is 0 Å². The van der Waals surface area contributed by atoms with Crippen LogP contribution in [0.1, 0.15) is 32.1 Å². The first-order valence-electron chi connectivity index (χ1n) is 4.57. The van der Waals surface area contributed by atoms with Gasteiger partial charge in [0.15, 0.2) is 0 Å². The van der Waals surface area contributed by atoms with Crippen LogP contribution in [0.3, 0.4) is 0 Å². The summed E-state index contributed by atoms with van der Waals surface area (Å²) < 4.78 is 0. The van der Waals surface area contributed by atoms with E-state index in [9.17, 15) is 0 Å². The molecule has 0 radical (unpaired) electrons. The van der Waals surface area contributed by atoms with Crippen LogP contribution in [0.4, 0.5) is 0 Å². The molecule has 0 spiro atoms. The van der Waals surface area contributed by atoms with Crippen molar-refractivity contribution >= 4 is 0 Å². The standard InChI is InChI=1S/C9H15N/c10-9(8-1-2-8)4-6-3-7(6)5-9/h6-8H,1-5,10H2. The zero-order valence-electron chi connectivity index (χ0n) is 6.34. The summed E-state index contributed by atoms with van der Waals surface area (Å²) in [6.07, 6.45) is 7.09. The normalized spacial score (nSPS) is 58.5. The number of rotatable bonds is 1. The van der Waals surface area contributed by atoms with Crippen molar-refractivity contribution < 1.29 is 0 Å². The average Bonchev–Trinajstić information content (AvgIpc) is 2.70. The number of fused-ring (bicyclic) bond motifs is 1. The fourth-order valence-electron chi connectivity index (χ4n) is 2.86. The smallest absolute Gasteiger partial charge is 0.0188 e. The van der Waals surface area contributed by atoms with Gasteiger partial charge in [-0.05, 0) is 49.9 Å². The summed E-state index contributed by atoms with van der Waals surface area (Å²) in [5.41, 5.74) is 6.61. The lowest BCUT2D eigenvalue weighted by atomic mass is 9.89. The van der Waals surface area contributed by atoms with Crippen LogP contribution in [-0.4, -0.2) is 5.54 Å². The van der Waals surface area contributed by atoms with Crippen molar-refractivity contribution in [2.24, 2.45) is 23.5 Å². The Morgan fingerprint density at radius 3 is 2.20 bits per heavy atom. The Morgan fingerprint density at radius 1 is 1.10 bits per heavy atom. The molecule has 1 heteroatoms. The van der Waals surface area contributed by atoms with E-state index < -0.39 is 0 Å². The molecule has 0 saturated heterocycles. The molecule has 10 heavy (non-hydrogen) atoms. The molecule has 56 valence electrons. The maximum Gasteiger partial charge on any atom is 0.0188 e. The van der Waals surface area contributed by atoms with E-state index in [2.05, 4.69) is 0 Å². The zero-order valence-corrected chi connectivity index (χ0v) is 6.34. The quantitative estimate of drug-likeness (QED) is 0.582. The van der Waals surface area contributed by atoms with Gasteiger partial charge in [0.2, 0.25) is 0 Å². The predicted octanol–water partition coefficient (Wildman–Crippen LogP) is 1.52. The first-order chi connectivity index (χ1) is 4.78. The molecular formula is C9H15N. The van der Waals surface area contributed by atoms with Gasteiger partial charge in [-0.25, -0.2) is 0 Å². The van der Waals surface area contributed by atoms with Crippen LogP contribution < -0.4 is 5.73 Å². The summed E-state index contributed by atoms with van der Waals surface area (Å²) in [4.78, 5) is 0. The predicted molar refractivity (Wildman–Crippen MR) is 40.5 cm³/mol. The Bertz CT molecular complexity index is 162. The summed E-state index contributed by atoms with van der Waals surface area (Å²) in [5.74, 6) is 3.05. The second-order valence-corrected chi connectivity index (χ2v) is 4.67. The molecule has 0 aromatic rings. The molecule has 0 aliphatic heterocycles. The van der Waals surface area contributed by atoms with Crippen LogP contribution in [0.5, 0.6) is 0 Å². The van der Waals surface area contributed by atoms with E-state index in [0.29, 0.717) is 5.54 Å². The first-order valence-corrected chi connectivity index (χ1v) is 4.57. The second kappa shape index (κ2) is 1.42. The maximum absolute atomic E-state index is 6.29. The molecule has 2 atom stereocenters. The molecule has 0 aromatic carbocycles. The molecule has 3 fully saturated rings. The third-order valence-corrected chi connectivity index (χ3v) is 3.74. The fourth-order valence-corrected chi connectivity index (χ4v) is 2.86. The second-order valence-electron chi connectivity index (χ2n) is 4.67. The zero-order chi connectivity index (χ0) is 6.77. The van der Waals surface area contributed by atoms with Crippen molar-refractivity contribution in [3.8, 4) is 0 Å². The Balaban J connectivity index is 1.79. The molecule has 2 unspecified atom stereocenters. The summed E-state index contributed by atoms with van der Waals surface area (Å²) in [6, 6.07) is 0. The number of hydrogen-bond donors (Lipinski definition) is 1. The van der Waals surface area contributed by atoms with Crippen LogP contribution in [0.2, 0.25) is 0 Å². The summed E-state index contributed by atoms with van der Waals surface area (Å²) >= 11 is 0. The van der Waals surface area contributed by atoms with Gasteiger partial charge < -0.3 is 5.73 Å². The van der Waals surface area contributed by atoms with Gasteiger partial charge in [-0.15, -0.1) is 0 Å². The molecule has 3 aliphatic carbocycles. The van der Waals surface area contributed by atoms with Crippen LogP contribution in [0, 0.1) is 17.8 Å². The first kappa shape index (κ1) is 5.59. The largest absolute Gasteiger partial charge is 0.325 e. The van der Waals surface area contributed by atoms with Crippen LogP contribution in [0.15, 0.2) is 0 Å². The van der Waals surface area contributed by atoms with Gasteiger partial charge in [0, 0.05) is 5.54 Å². The minimum Gasteiger partial charge on any atom is -0.325 e. The van der Waals surface area contributed by atoms with Crippen molar-refractivity contribution in [2.45, 2.75) is 37.6 Å². The monoisotopic (exact) mass is 137 g/mol. The van der Waals surface area contributed by atoms with Crippen molar-refractivity contribution in [3.05, 3.63) is 0 Å². The Hall–Kier alpha value is -0.0400. The highest BCUT2D eigenvalue weighted by Gasteiger charge is 2.56. The molecule has 0 bridgehead atoms. The Morgan fingerprint density at radius 2 is 1.70 bits per heavy atom. The lowest BCUT2D eigenvalue weighted by Gasteiger charge is -2.25. The van der Waals surface area contributed by atoms with Gasteiger partial charge >= 0.3 is 0 Å². The number of hydrogen-bond acceptors (Lipinski definition) is 1. The van der Waals surface area contributed by atoms with Crippen molar-refractivity contribution in [1.29, 1.82) is 0 Å². The molecule has 1 nitrogen and oxygen atoms in total. The number of nitrogens with two attached hydrogens (primary N) is 1. The summed E-state index contributed by atoms with van der Waals surface area (Å²) in [5, 5.41) is 0. The molecule has 0 aromatic heterocycles. The van der Waals surface area contributed by atoms with Gasteiger partial charge in [0.25, 0.3) is 0 Å². The van der Waals surface area contributed by atoms with Gasteiger partial charge in [-0.3, -0.25) is 0 Å². The minimum absolute atomic E-state index is 0.327. The highest BCUT2D eigenvalue weighted by Crippen LogP contribution is 2.60. The Labute approximate surface area is 62.0 Å². The van der Waals surface area contributed by atoms with E-state index in [-0.39, 0.29) is 0 Å². The Kier molecular flexibility index (Phi) is 0.797. The lowest BCUT2D eigenvalue weighted by Crippen LogP contribution is -2.40. The molecule has 0 amide bonds. The van der Waals surface area contributed by atoms with E-state index >= 15 is 0 Å². The molecule has 3 aliphatic rings. The van der Waals surface area contributed by atoms with Crippen LogP contribution in [0.25, 0.3) is 0 Å². The van der Waals surface area contributed by atoms with Gasteiger partial charge in [-0.2, -0.15) is 0 Å². The molecular weight excluding hydrogens is 122 g/mol. The summed E-state index contributed by atoms with van der Waals surface area (Å²) in [7, 11) is 0. The average molecular weight is 137 g/mol. The van der Waals surface area contributed by atoms with Crippen LogP contribution in [-0.2, 0) is 0 Å². The fraction of sp³-hybridized carbons (Fsp3) is 1.00. The van der Waals surface area contributed by atoms with E-state index in [1.165, 1.54) is 32.1 Å². The molecule has 3 rings (SSSR count). The van der Waals surface area contributed by atoms with E-state index in [1.807, 2.05) is 0 Å². The molecule has 2 N–H and O–H groups in total.